The smallest absolute Gasteiger partial charge is 0.223 e. The second-order valence-corrected chi connectivity index (χ2v) is 7.04. The molecule has 1 saturated heterocycles. The van der Waals surface area contributed by atoms with Gasteiger partial charge in [0.1, 0.15) is 5.76 Å². The maximum absolute atomic E-state index is 12.5. The van der Waals surface area contributed by atoms with E-state index in [1.54, 1.807) is 6.07 Å². The summed E-state index contributed by atoms with van der Waals surface area (Å²) >= 11 is 5.74. The molecule has 2 heterocycles. The van der Waals surface area contributed by atoms with Gasteiger partial charge in [-0.25, -0.2) is 0 Å². The largest absolute Gasteiger partial charge is 0.360 e. The minimum atomic E-state index is 0.172. The summed E-state index contributed by atoms with van der Waals surface area (Å²) in [6.07, 6.45) is 3.15. The van der Waals surface area contributed by atoms with Gasteiger partial charge in [0, 0.05) is 44.6 Å². The summed E-state index contributed by atoms with van der Waals surface area (Å²) in [5.41, 5.74) is 1.30. The maximum atomic E-state index is 12.5. The number of likely N-dealkylation sites (N-methyl/N-ethyl adjacent to an activating group) is 1. The van der Waals surface area contributed by atoms with E-state index in [0.717, 1.165) is 32.5 Å². The number of aryl methyl sites for hydroxylation is 1. The number of piperidine rings is 1. The van der Waals surface area contributed by atoms with Crippen molar-refractivity contribution < 1.29 is 9.32 Å². The summed E-state index contributed by atoms with van der Waals surface area (Å²) in [6, 6.07) is 12.5. The monoisotopic (exact) mass is 361 g/mol. The maximum Gasteiger partial charge on any atom is 0.223 e. The molecule has 1 aromatic carbocycles. The average molecular weight is 362 g/mol. The van der Waals surface area contributed by atoms with Crippen molar-refractivity contribution in [1.82, 2.24) is 15.0 Å². The Balaban J connectivity index is 1.50. The van der Waals surface area contributed by atoms with E-state index < -0.39 is 0 Å². The number of aromatic nitrogens is 1. The first-order valence-corrected chi connectivity index (χ1v) is 9.12. The number of likely N-dealkylation sites (tertiary alicyclic amines) is 1. The molecule has 1 amide bonds. The molecule has 2 aromatic rings. The molecule has 6 heteroatoms. The molecule has 0 N–H and O–H groups in total. The third-order valence-electron chi connectivity index (χ3n) is 4.76. The summed E-state index contributed by atoms with van der Waals surface area (Å²) in [5.74, 6) is 0.832. The van der Waals surface area contributed by atoms with E-state index in [9.17, 15) is 4.79 Å². The number of hydrogen-bond donors (Lipinski definition) is 0. The molecule has 1 fully saturated rings. The van der Waals surface area contributed by atoms with Crippen molar-refractivity contribution in [2.75, 3.05) is 20.1 Å². The van der Waals surface area contributed by atoms with Crippen LogP contribution in [0.1, 0.15) is 30.6 Å². The zero-order valence-electron chi connectivity index (χ0n) is 14.5. The van der Waals surface area contributed by atoms with Gasteiger partial charge >= 0.3 is 0 Å². The van der Waals surface area contributed by atoms with Gasteiger partial charge in [-0.1, -0.05) is 47.1 Å². The highest BCUT2D eigenvalue weighted by atomic mass is 35.5. The normalized spacial score (nSPS) is 17.9. The van der Waals surface area contributed by atoms with Gasteiger partial charge in [0.05, 0.1) is 0 Å². The van der Waals surface area contributed by atoms with Crippen LogP contribution in [0, 0.1) is 0 Å². The lowest BCUT2D eigenvalue weighted by atomic mass is 10.0. The third kappa shape index (κ3) is 5.06. The second-order valence-electron chi connectivity index (χ2n) is 6.65. The fourth-order valence-electron chi connectivity index (χ4n) is 3.34. The number of hydrogen-bond acceptors (Lipinski definition) is 4. The van der Waals surface area contributed by atoms with Crippen LogP contribution in [0.3, 0.4) is 0 Å². The molecular weight excluding hydrogens is 338 g/mol. The van der Waals surface area contributed by atoms with E-state index in [2.05, 4.69) is 41.4 Å². The van der Waals surface area contributed by atoms with Crippen LogP contribution < -0.4 is 0 Å². The molecule has 0 spiro atoms. The number of benzene rings is 1. The second kappa shape index (κ2) is 8.50. The van der Waals surface area contributed by atoms with Gasteiger partial charge in [-0.2, -0.15) is 0 Å². The van der Waals surface area contributed by atoms with Crippen LogP contribution in [0.5, 0.6) is 0 Å². The number of rotatable bonds is 6. The molecule has 1 atom stereocenters. The highest BCUT2D eigenvalue weighted by molar-refractivity contribution is 6.29. The van der Waals surface area contributed by atoms with E-state index in [0.29, 0.717) is 29.8 Å². The van der Waals surface area contributed by atoms with E-state index in [-0.39, 0.29) is 5.91 Å². The lowest BCUT2D eigenvalue weighted by Gasteiger charge is -2.37. The summed E-state index contributed by atoms with van der Waals surface area (Å²) in [6.45, 7) is 2.54. The molecule has 1 unspecified atom stereocenters. The summed E-state index contributed by atoms with van der Waals surface area (Å²) in [7, 11) is 2.14. The Bertz CT molecular complexity index is 689. The summed E-state index contributed by atoms with van der Waals surface area (Å²) < 4.78 is 5.07. The number of halogens is 1. The molecule has 0 aliphatic carbocycles. The lowest BCUT2D eigenvalue weighted by Crippen LogP contribution is -2.48. The number of carbonyl (C=O) groups is 1. The Morgan fingerprint density at radius 3 is 2.92 bits per heavy atom. The van der Waals surface area contributed by atoms with Crippen molar-refractivity contribution >= 4 is 17.5 Å². The van der Waals surface area contributed by atoms with Gasteiger partial charge in [0.25, 0.3) is 0 Å². The zero-order valence-corrected chi connectivity index (χ0v) is 15.3. The molecule has 1 aliphatic heterocycles. The highest BCUT2D eigenvalue weighted by Gasteiger charge is 2.26. The van der Waals surface area contributed by atoms with E-state index in [1.165, 1.54) is 5.56 Å². The SMILES string of the molecule is CN(Cc1ccccc1)C1CCCN(C(=O)CCc2cc(Cl)no2)C1. The molecule has 0 radical (unpaired) electrons. The first-order valence-electron chi connectivity index (χ1n) is 8.75. The first kappa shape index (κ1) is 18.0. The van der Waals surface area contributed by atoms with Gasteiger partial charge in [-0.05, 0) is 25.5 Å². The zero-order chi connectivity index (χ0) is 17.6. The molecule has 3 rings (SSSR count). The van der Waals surface area contributed by atoms with Crippen LogP contribution in [-0.2, 0) is 17.8 Å². The van der Waals surface area contributed by atoms with Crippen molar-refractivity contribution in [2.45, 2.75) is 38.3 Å². The fourth-order valence-corrected chi connectivity index (χ4v) is 3.49. The molecule has 0 bridgehead atoms. The van der Waals surface area contributed by atoms with Crippen LogP contribution >= 0.6 is 11.6 Å². The topological polar surface area (TPSA) is 49.6 Å². The predicted molar refractivity (Wildman–Crippen MR) is 97.3 cm³/mol. The summed E-state index contributed by atoms with van der Waals surface area (Å²) in [4.78, 5) is 16.8. The minimum absolute atomic E-state index is 0.172. The highest BCUT2D eigenvalue weighted by Crippen LogP contribution is 2.18. The van der Waals surface area contributed by atoms with Gasteiger partial charge in [0.15, 0.2) is 5.15 Å². The molecule has 1 aliphatic rings. The Kier molecular flexibility index (Phi) is 6.10. The molecule has 5 nitrogen and oxygen atoms in total. The van der Waals surface area contributed by atoms with Crippen LogP contribution in [-0.4, -0.2) is 47.0 Å². The van der Waals surface area contributed by atoms with Gasteiger partial charge < -0.3 is 9.42 Å². The Morgan fingerprint density at radius 1 is 1.40 bits per heavy atom. The average Bonchev–Trinajstić information content (AvgIpc) is 3.06. The molecule has 0 saturated carbocycles. The summed E-state index contributed by atoms with van der Waals surface area (Å²) in [5, 5.41) is 3.98. The van der Waals surface area contributed by atoms with E-state index in [1.807, 2.05) is 11.0 Å². The van der Waals surface area contributed by atoms with Crippen molar-refractivity contribution in [3.8, 4) is 0 Å². The first-order chi connectivity index (χ1) is 12.1. The number of amides is 1. The lowest BCUT2D eigenvalue weighted by molar-refractivity contribution is -0.133. The van der Waals surface area contributed by atoms with Gasteiger partial charge in [-0.3, -0.25) is 9.69 Å². The Morgan fingerprint density at radius 2 is 2.20 bits per heavy atom. The fraction of sp³-hybridized carbons (Fsp3) is 0.474. The van der Waals surface area contributed by atoms with Crippen molar-refractivity contribution in [3.05, 3.63) is 52.9 Å². The Hall–Kier alpha value is -1.85. The van der Waals surface area contributed by atoms with Gasteiger partial charge in [0.2, 0.25) is 5.91 Å². The van der Waals surface area contributed by atoms with Crippen LogP contribution in [0.2, 0.25) is 5.15 Å². The van der Waals surface area contributed by atoms with E-state index >= 15 is 0 Å². The van der Waals surface area contributed by atoms with Crippen LogP contribution in [0.25, 0.3) is 0 Å². The number of carbonyl (C=O) groups excluding carboxylic acids is 1. The van der Waals surface area contributed by atoms with E-state index in [4.69, 9.17) is 16.1 Å². The number of nitrogens with zero attached hydrogens (tertiary/aromatic N) is 3. The van der Waals surface area contributed by atoms with Crippen LogP contribution in [0.15, 0.2) is 40.9 Å². The molecule has 1 aromatic heterocycles. The predicted octanol–water partition coefficient (Wildman–Crippen LogP) is 3.38. The van der Waals surface area contributed by atoms with Crippen LogP contribution in [0.4, 0.5) is 0 Å². The molecule has 25 heavy (non-hydrogen) atoms. The quantitative estimate of drug-likeness (QED) is 0.791. The van der Waals surface area contributed by atoms with Crippen molar-refractivity contribution in [1.29, 1.82) is 0 Å². The Labute approximate surface area is 153 Å². The molecule has 134 valence electrons. The van der Waals surface area contributed by atoms with Gasteiger partial charge in [-0.15, -0.1) is 0 Å². The standard InChI is InChI=1S/C19H24ClN3O2/c1-22(13-15-6-3-2-4-7-15)16-8-5-11-23(14-16)19(24)10-9-17-12-18(20)21-25-17/h2-4,6-7,12,16H,5,8-11,13-14H2,1H3. The van der Waals surface area contributed by atoms with Crippen molar-refractivity contribution in [2.24, 2.45) is 0 Å². The molecular formula is C19H24ClN3O2. The minimum Gasteiger partial charge on any atom is -0.360 e. The third-order valence-corrected chi connectivity index (χ3v) is 4.94. The van der Waals surface area contributed by atoms with Crippen molar-refractivity contribution in [3.63, 3.8) is 0 Å².